The summed E-state index contributed by atoms with van der Waals surface area (Å²) in [6.07, 6.45) is -9.52. The lowest BCUT2D eigenvalue weighted by molar-refractivity contribution is -0.274. The van der Waals surface area contributed by atoms with Crippen LogP contribution in [0.15, 0.2) is 65.1 Å². The van der Waals surface area contributed by atoms with Crippen LogP contribution < -0.4 is 7.85 Å². The molecule has 10 heteroatoms. The van der Waals surface area contributed by atoms with E-state index in [1.807, 2.05) is 0 Å². The topological polar surface area (TPSA) is 25.6 Å². The summed E-state index contributed by atoms with van der Waals surface area (Å²) < 4.78 is 89.5. The number of furan rings is 1. The fraction of sp³-hybridized carbons (Fsp3) is 0.100. The van der Waals surface area contributed by atoms with Crippen LogP contribution in [0.25, 0.3) is 21.9 Å². The third kappa shape index (κ3) is 3.75. The number of fused-ring (bicyclic) bond motifs is 3. The lowest BCUT2D eigenvalue weighted by Crippen LogP contribution is -2.18. The molecule has 0 radical (unpaired) electrons. The van der Waals surface area contributed by atoms with E-state index in [1.165, 1.54) is 39.5 Å². The van der Waals surface area contributed by atoms with Crippen molar-refractivity contribution in [1.29, 1.82) is 0 Å². The lowest BCUT2D eigenvalue weighted by atomic mass is 10.1. The van der Waals surface area contributed by atoms with E-state index in [0.29, 0.717) is 5.39 Å². The van der Waals surface area contributed by atoms with Gasteiger partial charge in [0.05, 0.1) is 39.8 Å². The van der Waals surface area contributed by atoms with E-state index in [0.717, 1.165) is 12.1 Å². The zero-order chi connectivity index (χ0) is 21.7. The molecule has 0 atom stereocenters. The number of anilines is 2. The molecule has 0 bridgehead atoms. The molecule has 1 aromatic heterocycles. The number of alkyl halides is 6. The Morgan fingerprint density at radius 2 is 1.33 bits per heavy atom. The largest absolute Gasteiger partial charge is 0.573 e. The van der Waals surface area contributed by atoms with E-state index in [4.69, 9.17) is 4.42 Å². The summed E-state index contributed by atoms with van der Waals surface area (Å²) in [6.45, 7) is 0. The summed E-state index contributed by atoms with van der Waals surface area (Å²) in [7, 11) is 0. The quantitative estimate of drug-likeness (QED) is 0.151. The standard InChI is InChI=1S/C20H10F6INO2/c21-19(22,23)13-7-3-5-11-12-6-4-9-15(18(12)29-17(11)13)28(27)14-8-1-2-10-16(14)30-20(24,25)26/h1-10H. The SMILES string of the molecule is FC(F)(F)Oc1ccccc1N(I)c1cccc2c1oc1c(C(F)(F)F)cccc12. The first-order valence-electron chi connectivity index (χ1n) is 8.38. The Labute approximate surface area is 179 Å². The first kappa shape index (κ1) is 20.6. The van der Waals surface area contributed by atoms with Crippen molar-refractivity contribution in [2.75, 3.05) is 3.11 Å². The third-order valence-electron chi connectivity index (χ3n) is 4.32. The van der Waals surface area contributed by atoms with Gasteiger partial charge in [0, 0.05) is 10.8 Å². The number of halogens is 7. The molecule has 4 aromatic rings. The van der Waals surface area contributed by atoms with Gasteiger partial charge in [-0.2, -0.15) is 13.2 Å². The third-order valence-corrected chi connectivity index (χ3v) is 5.36. The first-order valence-corrected chi connectivity index (χ1v) is 9.35. The normalized spacial score (nSPS) is 12.5. The van der Waals surface area contributed by atoms with Gasteiger partial charge in [-0.3, -0.25) is 3.11 Å². The van der Waals surface area contributed by atoms with Crippen molar-refractivity contribution in [2.45, 2.75) is 12.5 Å². The van der Waals surface area contributed by atoms with Crippen molar-refractivity contribution in [3.63, 3.8) is 0 Å². The summed E-state index contributed by atoms with van der Waals surface area (Å²) >= 11 is 1.75. The Morgan fingerprint density at radius 3 is 2.00 bits per heavy atom. The minimum Gasteiger partial charge on any atom is -0.453 e. The fourth-order valence-corrected chi connectivity index (χ4v) is 3.92. The summed E-state index contributed by atoms with van der Waals surface area (Å²) in [6, 6.07) is 13.9. The van der Waals surface area contributed by atoms with Crippen LogP contribution in [0, 0.1) is 0 Å². The van der Waals surface area contributed by atoms with Crippen LogP contribution in [-0.4, -0.2) is 6.36 Å². The molecule has 0 amide bonds. The van der Waals surface area contributed by atoms with Gasteiger partial charge in [-0.05, 0) is 24.3 Å². The summed E-state index contributed by atoms with van der Waals surface area (Å²) in [5, 5.41) is 0.663. The zero-order valence-corrected chi connectivity index (χ0v) is 16.8. The second kappa shape index (κ2) is 7.25. The van der Waals surface area contributed by atoms with Gasteiger partial charge >= 0.3 is 12.5 Å². The Kier molecular flexibility index (Phi) is 4.99. The highest BCUT2D eigenvalue weighted by atomic mass is 127. The summed E-state index contributed by atoms with van der Waals surface area (Å²) in [4.78, 5) is 0. The molecule has 0 aliphatic heterocycles. The molecule has 0 unspecified atom stereocenters. The van der Waals surface area contributed by atoms with Gasteiger partial charge in [0.25, 0.3) is 0 Å². The molecule has 0 N–H and O–H groups in total. The second-order valence-electron chi connectivity index (χ2n) is 6.23. The van der Waals surface area contributed by atoms with E-state index >= 15 is 0 Å². The lowest BCUT2D eigenvalue weighted by Gasteiger charge is -2.20. The Balaban J connectivity index is 1.91. The molecule has 30 heavy (non-hydrogen) atoms. The van der Waals surface area contributed by atoms with E-state index in [1.54, 1.807) is 35.0 Å². The maximum Gasteiger partial charge on any atom is 0.573 e. The summed E-state index contributed by atoms with van der Waals surface area (Å²) in [5.41, 5.74) is -0.824. The Bertz CT molecular complexity index is 1230. The molecule has 3 aromatic carbocycles. The van der Waals surface area contributed by atoms with Crippen molar-refractivity contribution in [3.8, 4) is 5.75 Å². The maximum absolute atomic E-state index is 13.4. The minimum absolute atomic E-state index is 0.0550. The van der Waals surface area contributed by atoms with E-state index in [2.05, 4.69) is 4.74 Å². The summed E-state index contributed by atoms with van der Waals surface area (Å²) in [5.74, 6) is -0.455. The molecule has 1 heterocycles. The van der Waals surface area contributed by atoms with Crippen LogP contribution in [0.4, 0.5) is 37.7 Å². The zero-order valence-electron chi connectivity index (χ0n) is 14.7. The van der Waals surface area contributed by atoms with E-state index in [-0.39, 0.29) is 27.9 Å². The number of nitrogens with zero attached hydrogens (tertiary/aromatic N) is 1. The van der Waals surface area contributed by atoms with Gasteiger partial charge in [0.2, 0.25) is 0 Å². The number of ether oxygens (including phenoxy) is 1. The second-order valence-corrected chi connectivity index (χ2v) is 7.20. The van der Waals surface area contributed by atoms with Crippen LogP contribution in [-0.2, 0) is 6.18 Å². The van der Waals surface area contributed by atoms with E-state index < -0.39 is 23.9 Å². The van der Waals surface area contributed by atoms with Crippen LogP contribution in [0.2, 0.25) is 0 Å². The molecule has 0 spiro atoms. The average Bonchev–Trinajstić information content (AvgIpc) is 3.04. The van der Waals surface area contributed by atoms with Crippen molar-refractivity contribution in [1.82, 2.24) is 0 Å². The van der Waals surface area contributed by atoms with Crippen LogP contribution in [0.3, 0.4) is 0 Å². The minimum atomic E-state index is -4.90. The number of rotatable bonds is 3. The number of benzene rings is 3. The predicted molar refractivity (Wildman–Crippen MR) is 108 cm³/mol. The Hall–Kier alpha value is -2.63. The highest BCUT2D eigenvalue weighted by Gasteiger charge is 2.35. The van der Waals surface area contributed by atoms with Crippen LogP contribution >= 0.6 is 22.9 Å². The molecular formula is C20H10F6INO2. The highest BCUT2D eigenvalue weighted by Crippen LogP contribution is 2.45. The molecular weight excluding hydrogens is 527 g/mol. The molecule has 0 saturated carbocycles. The highest BCUT2D eigenvalue weighted by molar-refractivity contribution is 14.1. The van der Waals surface area contributed by atoms with Crippen LogP contribution in [0.1, 0.15) is 5.56 Å². The average molecular weight is 537 g/mol. The smallest absolute Gasteiger partial charge is 0.453 e. The molecule has 0 saturated heterocycles. The molecule has 0 aliphatic carbocycles. The number of hydrogen-bond donors (Lipinski definition) is 0. The molecule has 4 rings (SSSR count). The molecule has 3 nitrogen and oxygen atoms in total. The number of para-hydroxylation sites is 4. The van der Waals surface area contributed by atoms with Gasteiger partial charge in [-0.25, -0.2) is 0 Å². The first-order chi connectivity index (χ1) is 14.1. The fourth-order valence-electron chi connectivity index (χ4n) is 3.14. The van der Waals surface area contributed by atoms with Crippen molar-refractivity contribution in [2.24, 2.45) is 0 Å². The predicted octanol–water partition coefficient (Wildman–Crippen LogP) is 7.99. The van der Waals surface area contributed by atoms with Crippen LogP contribution in [0.5, 0.6) is 5.75 Å². The number of hydrogen-bond acceptors (Lipinski definition) is 3. The Morgan fingerprint density at radius 1 is 0.733 bits per heavy atom. The molecule has 0 aliphatic rings. The molecule has 0 fully saturated rings. The van der Waals surface area contributed by atoms with Gasteiger partial charge in [-0.1, -0.05) is 36.4 Å². The van der Waals surface area contributed by atoms with Gasteiger partial charge in [0.15, 0.2) is 11.3 Å². The van der Waals surface area contributed by atoms with Gasteiger partial charge < -0.3 is 9.15 Å². The van der Waals surface area contributed by atoms with Gasteiger partial charge in [-0.15, -0.1) is 13.2 Å². The molecule has 156 valence electrons. The van der Waals surface area contributed by atoms with E-state index in [9.17, 15) is 26.3 Å². The van der Waals surface area contributed by atoms with Crippen molar-refractivity contribution < 1.29 is 35.5 Å². The maximum atomic E-state index is 13.4. The monoisotopic (exact) mass is 537 g/mol. The van der Waals surface area contributed by atoms with Crippen molar-refractivity contribution >= 4 is 56.2 Å². The van der Waals surface area contributed by atoms with Crippen molar-refractivity contribution in [3.05, 3.63) is 66.2 Å². The van der Waals surface area contributed by atoms with Gasteiger partial charge in [0.1, 0.15) is 5.58 Å².